The maximum atomic E-state index is 2.31. The molecule has 3 aromatic carbocycles. The van der Waals surface area contributed by atoms with Crippen LogP contribution in [0.1, 0.15) is 5.56 Å². The lowest BCUT2D eigenvalue weighted by Crippen LogP contribution is -1.88. The number of hydrogen-bond acceptors (Lipinski definition) is 0. The number of para-hydroxylation sites is 1. The van der Waals surface area contributed by atoms with Gasteiger partial charge in [0.15, 0.2) is 0 Å². The van der Waals surface area contributed by atoms with Crippen molar-refractivity contribution in [2.45, 2.75) is 6.92 Å². The minimum absolute atomic E-state index is 1.31. The highest BCUT2D eigenvalue weighted by atomic mass is 14.9. The fourth-order valence-electron chi connectivity index (χ4n) is 3.25. The van der Waals surface area contributed by atoms with Crippen LogP contribution >= 0.6 is 0 Å². The summed E-state index contributed by atoms with van der Waals surface area (Å²) in [5.41, 5.74) is 3.98. The Hall–Kier alpha value is -2.28. The first kappa shape index (κ1) is 10.6. The van der Waals surface area contributed by atoms with Crippen LogP contribution in [0.25, 0.3) is 32.6 Å². The Labute approximate surface area is 112 Å². The smallest absolute Gasteiger partial charge is 0.0518 e. The normalized spacial score (nSPS) is 11.7. The molecule has 0 N–H and O–H groups in total. The molecule has 0 atom stereocenters. The molecule has 0 bridgehead atoms. The second-order valence-electron chi connectivity index (χ2n) is 5.21. The summed E-state index contributed by atoms with van der Waals surface area (Å²) in [6, 6.07) is 19.6. The number of aryl methyl sites for hydroxylation is 2. The molecule has 0 saturated heterocycles. The van der Waals surface area contributed by atoms with Gasteiger partial charge >= 0.3 is 0 Å². The van der Waals surface area contributed by atoms with E-state index in [-0.39, 0.29) is 0 Å². The molecular weight excluding hydrogens is 230 g/mol. The van der Waals surface area contributed by atoms with Crippen LogP contribution in [0.4, 0.5) is 0 Å². The van der Waals surface area contributed by atoms with Crippen molar-refractivity contribution in [3.63, 3.8) is 0 Å². The van der Waals surface area contributed by atoms with Crippen molar-refractivity contribution < 1.29 is 0 Å². The number of rotatable bonds is 0. The molecule has 4 rings (SSSR count). The van der Waals surface area contributed by atoms with Crippen LogP contribution in [0.15, 0.2) is 54.6 Å². The van der Waals surface area contributed by atoms with Crippen molar-refractivity contribution in [1.29, 1.82) is 0 Å². The van der Waals surface area contributed by atoms with Crippen LogP contribution in [0.2, 0.25) is 0 Å². The highest BCUT2D eigenvalue weighted by molar-refractivity contribution is 6.21. The van der Waals surface area contributed by atoms with Crippen molar-refractivity contribution in [3.05, 3.63) is 60.2 Å². The quantitative estimate of drug-likeness (QED) is 0.419. The van der Waals surface area contributed by atoms with Gasteiger partial charge < -0.3 is 4.57 Å². The zero-order chi connectivity index (χ0) is 13.0. The van der Waals surface area contributed by atoms with Crippen LogP contribution in [-0.2, 0) is 7.05 Å². The van der Waals surface area contributed by atoms with Gasteiger partial charge in [-0.25, -0.2) is 0 Å². The molecule has 0 aliphatic carbocycles. The van der Waals surface area contributed by atoms with Crippen LogP contribution in [0.5, 0.6) is 0 Å². The number of fused-ring (bicyclic) bond motifs is 5. The van der Waals surface area contributed by atoms with Crippen molar-refractivity contribution in [2.24, 2.45) is 7.05 Å². The summed E-state index contributed by atoms with van der Waals surface area (Å²) in [5, 5.41) is 5.38. The third kappa shape index (κ3) is 1.30. The Balaban J connectivity index is 2.41. The Morgan fingerprint density at radius 2 is 1.58 bits per heavy atom. The van der Waals surface area contributed by atoms with Crippen LogP contribution < -0.4 is 0 Å². The predicted molar refractivity (Wildman–Crippen MR) is 82.7 cm³/mol. The van der Waals surface area contributed by atoms with Gasteiger partial charge in [-0.3, -0.25) is 0 Å². The van der Waals surface area contributed by atoms with Gasteiger partial charge in [-0.2, -0.15) is 0 Å². The number of aromatic nitrogens is 1. The van der Waals surface area contributed by atoms with Crippen molar-refractivity contribution in [3.8, 4) is 0 Å². The van der Waals surface area contributed by atoms with Gasteiger partial charge in [0.05, 0.1) is 5.52 Å². The number of nitrogens with zero attached hydrogens (tertiary/aromatic N) is 1. The largest absolute Gasteiger partial charge is 0.343 e. The van der Waals surface area contributed by atoms with E-state index in [1.54, 1.807) is 0 Å². The summed E-state index contributed by atoms with van der Waals surface area (Å²) in [6.45, 7) is 2.18. The Morgan fingerprint density at radius 3 is 2.47 bits per heavy atom. The first-order chi connectivity index (χ1) is 9.27. The van der Waals surface area contributed by atoms with E-state index in [1.165, 1.54) is 38.1 Å². The van der Waals surface area contributed by atoms with E-state index in [0.29, 0.717) is 0 Å². The lowest BCUT2D eigenvalue weighted by Gasteiger charge is -2.01. The van der Waals surface area contributed by atoms with Gasteiger partial charge in [0.1, 0.15) is 0 Å². The molecule has 1 nitrogen and oxygen atoms in total. The molecule has 0 fully saturated rings. The molecule has 1 heterocycles. The number of benzene rings is 3. The minimum Gasteiger partial charge on any atom is -0.343 e. The van der Waals surface area contributed by atoms with Gasteiger partial charge in [-0.05, 0) is 29.3 Å². The molecule has 0 radical (unpaired) electrons. The SMILES string of the molecule is Cc1cccc2c3c4ccccc4ccc3n(C)c12. The van der Waals surface area contributed by atoms with Gasteiger partial charge in [0.2, 0.25) is 0 Å². The van der Waals surface area contributed by atoms with E-state index in [4.69, 9.17) is 0 Å². The van der Waals surface area contributed by atoms with Crippen LogP contribution in [0, 0.1) is 6.92 Å². The summed E-state index contributed by atoms with van der Waals surface area (Å²) in [4.78, 5) is 0. The van der Waals surface area contributed by atoms with E-state index >= 15 is 0 Å². The first-order valence-electron chi connectivity index (χ1n) is 6.63. The first-order valence-corrected chi connectivity index (χ1v) is 6.63. The molecule has 0 spiro atoms. The average Bonchev–Trinajstić information content (AvgIpc) is 2.74. The van der Waals surface area contributed by atoms with E-state index < -0.39 is 0 Å². The number of hydrogen-bond donors (Lipinski definition) is 0. The average molecular weight is 245 g/mol. The molecular formula is C18H15N. The predicted octanol–water partition coefficient (Wildman–Crippen LogP) is 4.79. The highest BCUT2D eigenvalue weighted by Gasteiger charge is 2.11. The Bertz CT molecular complexity index is 929. The van der Waals surface area contributed by atoms with E-state index in [0.717, 1.165) is 0 Å². The molecule has 19 heavy (non-hydrogen) atoms. The lowest BCUT2D eigenvalue weighted by atomic mass is 10.0. The topological polar surface area (TPSA) is 4.93 Å². The molecule has 92 valence electrons. The van der Waals surface area contributed by atoms with Gasteiger partial charge in [-0.15, -0.1) is 0 Å². The van der Waals surface area contributed by atoms with Gasteiger partial charge in [-0.1, -0.05) is 48.5 Å². The molecule has 0 aliphatic heterocycles. The van der Waals surface area contributed by atoms with E-state index in [1.807, 2.05) is 0 Å². The maximum Gasteiger partial charge on any atom is 0.0518 e. The Kier molecular flexibility index (Phi) is 2.02. The fraction of sp³-hybridized carbons (Fsp3) is 0.111. The molecule has 1 heteroatoms. The summed E-state index contributed by atoms with van der Waals surface area (Å²) in [7, 11) is 2.16. The standard InChI is InChI=1S/C18H15N/c1-12-6-5-9-15-17-14-8-4-3-7-13(14)10-11-16(17)19(2)18(12)15/h3-11H,1-2H3. The lowest BCUT2D eigenvalue weighted by molar-refractivity contribution is 1.01. The minimum atomic E-state index is 1.31. The van der Waals surface area contributed by atoms with Crippen molar-refractivity contribution in [1.82, 2.24) is 4.57 Å². The zero-order valence-corrected chi connectivity index (χ0v) is 11.1. The molecule has 0 saturated carbocycles. The summed E-state index contributed by atoms with van der Waals surface area (Å²) < 4.78 is 2.31. The third-order valence-corrected chi connectivity index (χ3v) is 4.11. The van der Waals surface area contributed by atoms with Crippen molar-refractivity contribution >= 4 is 32.6 Å². The van der Waals surface area contributed by atoms with Gasteiger partial charge in [0, 0.05) is 23.3 Å². The molecule has 4 aromatic rings. The Morgan fingerprint density at radius 1 is 0.789 bits per heavy atom. The fourth-order valence-corrected chi connectivity index (χ4v) is 3.25. The molecule has 0 amide bonds. The van der Waals surface area contributed by atoms with E-state index in [9.17, 15) is 0 Å². The van der Waals surface area contributed by atoms with Crippen molar-refractivity contribution in [2.75, 3.05) is 0 Å². The summed E-state index contributed by atoms with van der Waals surface area (Å²) >= 11 is 0. The van der Waals surface area contributed by atoms with Crippen LogP contribution in [0.3, 0.4) is 0 Å². The second-order valence-corrected chi connectivity index (χ2v) is 5.21. The summed E-state index contributed by atoms with van der Waals surface area (Å²) in [6.07, 6.45) is 0. The third-order valence-electron chi connectivity index (χ3n) is 4.11. The molecule has 0 unspecified atom stereocenters. The zero-order valence-electron chi connectivity index (χ0n) is 11.1. The molecule has 1 aromatic heterocycles. The van der Waals surface area contributed by atoms with E-state index in [2.05, 4.69) is 73.1 Å². The highest BCUT2D eigenvalue weighted by Crippen LogP contribution is 2.35. The van der Waals surface area contributed by atoms with Crippen LogP contribution in [-0.4, -0.2) is 4.57 Å². The monoisotopic (exact) mass is 245 g/mol. The second kappa shape index (κ2) is 3.61. The maximum absolute atomic E-state index is 2.31. The molecule has 0 aliphatic rings. The summed E-state index contributed by atoms with van der Waals surface area (Å²) in [5.74, 6) is 0. The van der Waals surface area contributed by atoms with Gasteiger partial charge in [0.25, 0.3) is 0 Å².